The Labute approximate surface area is 236 Å². The molecule has 0 aliphatic heterocycles. The van der Waals surface area contributed by atoms with Gasteiger partial charge in [-0.15, -0.1) is 0 Å². The predicted octanol–water partition coefficient (Wildman–Crippen LogP) is 4.44. The van der Waals surface area contributed by atoms with E-state index in [1.807, 2.05) is 43.4 Å². The first-order chi connectivity index (χ1) is 19.9. The Kier molecular flexibility index (Phi) is 7.23. The van der Waals surface area contributed by atoms with E-state index >= 15 is 0 Å². The van der Waals surface area contributed by atoms with E-state index in [4.69, 9.17) is 10.7 Å². The van der Waals surface area contributed by atoms with Crippen molar-refractivity contribution in [2.75, 3.05) is 27.2 Å². The molecule has 0 aliphatic rings. The van der Waals surface area contributed by atoms with E-state index < -0.39 is 0 Å². The molecule has 0 radical (unpaired) electrons. The lowest BCUT2D eigenvalue weighted by atomic mass is 9.99. The molecule has 10 nitrogen and oxygen atoms in total. The minimum absolute atomic E-state index is 0.328. The molecule has 1 aromatic carbocycles. The van der Waals surface area contributed by atoms with Crippen LogP contribution < -0.4 is 11.1 Å². The Morgan fingerprint density at radius 1 is 1.05 bits per heavy atom. The van der Waals surface area contributed by atoms with Gasteiger partial charge in [-0.1, -0.05) is 6.92 Å². The Hall–Kier alpha value is -4.58. The van der Waals surface area contributed by atoms with E-state index in [2.05, 4.69) is 48.4 Å². The minimum Gasteiger partial charge on any atom is -0.335 e. The number of nitrogens with one attached hydrogen (secondary N) is 3. The third kappa shape index (κ3) is 5.42. The molecular formula is C30H31FN10. The maximum atomic E-state index is 14.7. The Balaban J connectivity index is 1.40. The van der Waals surface area contributed by atoms with Crippen LogP contribution in [-0.2, 0) is 6.54 Å². The van der Waals surface area contributed by atoms with Crippen molar-refractivity contribution in [2.45, 2.75) is 19.5 Å². The van der Waals surface area contributed by atoms with Crippen LogP contribution in [0.3, 0.4) is 0 Å². The van der Waals surface area contributed by atoms with E-state index in [-0.39, 0.29) is 11.9 Å². The molecule has 0 spiro atoms. The third-order valence-corrected chi connectivity index (χ3v) is 6.95. The molecule has 0 saturated heterocycles. The number of likely N-dealkylation sites (N-methyl/N-ethyl adjacent to an activating group) is 1. The van der Waals surface area contributed by atoms with Gasteiger partial charge in [0.25, 0.3) is 0 Å². The van der Waals surface area contributed by atoms with Gasteiger partial charge in [-0.05, 0) is 73.7 Å². The number of nitrogens with zero attached hydrogens (tertiary/aromatic N) is 6. The van der Waals surface area contributed by atoms with Gasteiger partial charge in [-0.3, -0.25) is 15.1 Å². The number of pyridine rings is 3. The van der Waals surface area contributed by atoms with Gasteiger partial charge in [0.15, 0.2) is 11.5 Å². The van der Waals surface area contributed by atoms with Crippen molar-refractivity contribution >= 4 is 22.1 Å². The fourth-order valence-electron chi connectivity index (χ4n) is 4.99. The first-order valence-corrected chi connectivity index (χ1v) is 13.4. The van der Waals surface area contributed by atoms with E-state index in [0.717, 1.165) is 51.9 Å². The summed E-state index contributed by atoms with van der Waals surface area (Å²) in [6.45, 7) is 4.29. The molecule has 1 unspecified atom stereocenters. The highest BCUT2D eigenvalue weighted by Crippen LogP contribution is 2.33. The molecule has 6 aromatic rings. The van der Waals surface area contributed by atoms with Gasteiger partial charge in [0.05, 0.1) is 22.9 Å². The summed E-state index contributed by atoms with van der Waals surface area (Å²) in [4.78, 5) is 23.6. The standard InChI is InChI=1S/C30H31FN10/c1-4-33-12-17-7-20(14-34-13-17)25-11-23-26(15-36-25)39-40-28(23)30-37-27-22(5-6-35-29(27)38-30)18-8-19(10-21(31)9-18)24(32)16-41(2)3/h5-11,13-15,24,33H,4,12,16,32H2,1-3H3,(H,39,40)(H,35,37,38). The summed E-state index contributed by atoms with van der Waals surface area (Å²) in [5.74, 6) is 0.196. The summed E-state index contributed by atoms with van der Waals surface area (Å²) in [5.41, 5.74) is 13.9. The van der Waals surface area contributed by atoms with Crippen molar-refractivity contribution < 1.29 is 4.39 Å². The number of halogens is 1. The van der Waals surface area contributed by atoms with Crippen LogP contribution in [0.5, 0.6) is 0 Å². The van der Waals surface area contributed by atoms with Crippen LogP contribution in [0.1, 0.15) is 24.1 Å². The maximum Gasteiger partial charge on any atom is 0.178 e. The van der Waals surface area contributed by atoms with Crippen LogP contribution in [0.4, 0.5) is 4.39 Å². The number of aromatic nitrogens is 7. The fraction of sp³-hybridized carbons (Fsp3) is 0.233. The van der Waals surface area contributed by atoms with E-state index in [0.29, 0.717) is 34.8 Å². The second kappa shape index (κ2) is 11.1. The van der Waals surface area contributed by atoms with Crippen LogP contribution in [0.25, 0.3) is 56.0 Å². The SMILES string of the molecule is CCNCc1cncc(-c2cc3c(-c4nc5nccc(-c6cc(F)cc(C(N)CN(C)C)c6)c5[nH]4)n[nH]c3cn2)c1. The second-order valence-corrected chi connectivity index (χ2v) is 10.3. The van der Waals surface area contributed by atoms with Crippen molar-refractivity contribution in [2.24, 2.45) is 5.73 Å². The summed E-state index contributed by atoms with van der Waals surface area (Å²) in [7, 11) is 3.88. The highest BCUT2D eigenvalue weighted by Gasteiger charge is 2.18. The number of hydrogen-bond donors (Lipinski definition) is 4. The van der Waals surface area contributed by atoms with E-state index in [1.165, 1.54) is 12.1 Å². The van der Waals surface area contributed by atoms with E-state index in [1.54, 1.807) is 18.6 Å². The molecule has 0 bridgehead atoms. The van der Waals surface area contributed by atoms with Crippen molar-refractivity contribution in [3.8, 4) is 33.9 Å². The Bertz CT molecular complexity index is 1840. The summed E-state index contributed by atoms with van der Waals surface area (Å²) in [6.07, 6.45) is 7.09. The molecule has 0 aliphatic carbocycles. The average Bonchev–Trinajstić information content (AvgIpc) is 3.59. The lowest BCUT2D eigenvalue weighted by Gasteiger charge is -2.18. The van der Waals surface area contributed by atoms with Crippen molar-refractivity contribution in [1.29, 1.82) is 0 Å². The quantitative estimate of drug-likeness (QED) is 0.207. The Morgan fingerprint density at radius 3 is 2.76 bits per heavy atom. The molecule has 0 amide bonds. The largest absolute Gasteiger partial charge is 0.335 e. The van der Waals surface area contributed by atoms with Gasteiger partial charge >= 0.3 is 0 Å². The van der Waals surface area contributed by atoms with Crippen LogP contribution in [-0.4, -0.2) is 67.2 Å². The monoisotopic (exact) mass is 550 g/mol. The third-order valence-electron chi connectivity index (χ3n) is 6.95. The van der Waals surface area contributed by atoms with Gasteiger partial charge in [-0.2, -0.15) is 5.10 Å². The lowest BCUT2D eigenvalue weighted by Crippen LogP contribution is -2.26. The maximum absolute atomic E-state index is 14.7. The van der Waals surface area contributed by atoms with Crippen molar-refractivity contribution in [1.82, 2.24) is 45.3 Å². The van der Waals surface area contributed by atoms with Crippen LogP contribution in [0, 0.1) is 5.82 Å². The number of benzene rings is 1. The number of H-pyrrole nitrogens is 2. The molecule has 208 valence electrons. The molecule has 11 heteroatoms. The average molecular weight is 551 g/mol. The predicted molar refractivity (Wildman–Crippen MR) is 158 cm³/mol. The van der Waals surface area contributed by atoms with E-state index in [9.17, 15) is 4.39 Å². The molecule has 0 saturated carbocycles. The lowest BCUT2D eigenvalue weighted by molar-refractivity contribution is 0.376. The molecule has 5 heterocycles. The molecular weight excluding hydrogens is 519 g/mol. The van der Waals surface area contributed by atoms with Gasteiger partial charge in [0.1, 0.15) is 11.5 Å². The number of fused-ring (bicyclic) bond motifs is 2. The number of rotatable bonds is 9. The smallest absolute Gasteiger partial charge is 0.178 e. The van der Waals surface area contributed by atoms with Gasteiger partial charge in [0, 0.05) is 54.2 Å². The van der Waals surface area contributed by atoms with Crippen LogP contribution in [0.2, 0.25) is 0 Å². The van der Waals surface area contributed by atoms with Gasteiger partial charge < -0.3 is 20.9 Å². The zero-order valence-corrected chi connectivity index (χ0v) is 23.1. The highest BCUT2D eigenvalue weighted by molar-refractivity contribution is 5.96. The highest BCUT2D eigenvalue weighted by atomic mass is 19.1. The molecule has 0 fully saturated rings. The molecule has 41 heavy (non-hydrogen) atoms. The topological polar surface area (TPSA) is 137 Å². The number of imidazole rings is 1. The molecule has 6 rings (SSSR count). The number of aromatic amines is 2. The van der Waals surface area contributed by atoms with Gasteiger partial charge in [0.2, 0.25) is 0 Å². The number of hydrogen-bond acceptors (Lipinski definition) is 8. The Morgan fingerprint density at radius 2 is 1.93 bits per heavy atom. The summed E-state index contributed by atoms with van der Waals surface area (Å²) in [6, 6.07) is 10.5. The summed E-state index contributed by atoms with van der Waals surface area (Å²) in [5, 5.41) is 11.8. The van der Waals surface area contributed by atoms with Crippen molar-refractivity contribution in [3.05, 3.63) is 78.1 Å². The molecule has 5 N–H and O–H groups in total. The summed E-state index contributed by atoms with van der Waals surface area (Å²) >= 11 is 0. The van der Waals surface area contributed by atoms with Crippen LogP contribution in [0.15, 0.2) is 61.2 Å². The summed E-state index contributed by atoms with van der Waals surface area (Å²) < 4.78 is 14.7. The normalized spacial score (nSPS) is 12.5. The number of nitrogens with two attached hydrogens (primary N) is 1. The molecule has 5 aromatic heterocycles. The first-order valence-electron chi connectivity index (χ1n) is 13.4. The first kappa shape index (κ1) is 26.6. The van der Waals surface area contributed by atoms with Crippen LogP contribution >= 0.6 is 0 Å². The fourth-order valence-corrected chi connectivity index (χ4v) is 4.99. The van der Waals surface area contributed by atoms with Gasteiger partial charge in [-0.25, -0.2) is 14.4 Å². The minimum atomic E-state index is -0.348. The van der Waals surface area contributed by atoms with Crippen molar-refractivity contribution in [3.63, 3.8) is 0 Å². The zero-order valence-electron chi connectivity index (χ0n) is 23.1. The second-order valence-electron chi connectivity index (χ2n) is 10.3. The zero-order chi connectivity index (χ0) is 28.5. The molecule has 1 atom stereocenters.